The van der Waals surface area contributed by atoms with Crippen LogP contribution in [0.4, 0.5) is 5.95 Å². The molecule has 5 nitrogen and oxygen atoms in total. The topological polar surface area (TPSA) is 72.1 Å². The van der Waals surface area contributed by atoms with Crippen LogP contribution in [0.1, 0.15) is 40.5 Å². The number of nitrogen functional groups attached to an aromatic ring is 1. The highest BCUT2D eigenvalue weighted by molar-refractivity contribution is 5.94. The summed E-state index contributed by atoms with van der Waals surface area (Å²) < 4.78 is 0. The Morgan fingerprint density at radius 2 is 2.05 bits per heavy atom. The second-order valence-electron chi connectivity index (χ2n) is 5.31. The van der Waals surface area contributed by atoms with Crippen molar-refractivity contribution in [1.29, 1.82) is 0 Å². The van der Waals surface area contributed by atoms with E-state index in [2.05, 4.69) is 16.9 Å². The molecule has 5 heteroatoms. The Morgan fingerprint density at radius 3 is 2.76 bits per heavy atom. The van der Waals surface area contributed by atoms with E-state index in [0.29, 0.717) is 18.7 Å². The summed E-state index contributed by atoms with van der Waals surface area (Å²) >= 11 is 0. The molecule has 2 heterocycles. The minimum absolute atomic E-state index is 0.0228. The van der Waals surface area contributed by atoms with Crippen molar-refractivity contribution >= 4 is 11.9 Å². The van der Waals surface area contributed by atoms with Gasteiger partial charge in [0.05, 0.1) is 12.2 Å². The number of fused-ring (bicyclic) bond motifs is 1. The number of nitrogens with zero attached hydrogens (tertiary/aromatic N) is 3. The average molecular weight is 282 g/mol. The largest absolute Gasteiger partial charge is 0.368 e. The number of aromatic nitrogens is 2. The van der Waals surface area contributed by atoms with Crippen LogP contribution in [0, 0.1) is 0 Å². The Morgan fingerprint density at radius 1 is 1.29 bits per heavy atom. The molecule has 0 bridgehead atoms. The Bertz CT molecular complexity index is 666. The molecule has 0 spiro atoms. The number of carbonyl (C=O) groups excluding carboxylic acids is 1. The molecule has 1 aromatic heterocycles. The van der Waals surface area contributed by atoms with Crippen LogP contribution in [0.5, 0.6) is 0 Å². The number of carbonyl (C=O) groups is 1. The van der Waals surface area contributed by atoms with Crippen molar-refractivity contribution in [3.05, 3.63) is 52.8 Å². The standard InChI is InChI=1S/C16H18N4O/c1-2-3-11-4-6-12(7-5-11)15(21)20-9-13-8-18-16(17)19-14(13)10-20/h4-8H,2-3,9-10H2,1H3,(H2,17,18,19). The molecule has 2 N–H and O–H groups in total. The second kappa shape index (κ2) is 5.52. The fraction of sp³-hybridized carbons (Fsp3) is 0.312. The third-order valence-corrected chi connectivity index (χ3v) is 3.70. The van der Waals surface area contributed by atoms with E-state index in [1.54, 1.807) is 11.1 Å². The van der Waals surface area contributed by atoms with Crippen LogP contribution in [0.3, 0.4) is 0 Å². The summed E-state index contributed by atoms with van der Waals surface area (Å²) in [5, 5.41) is 0. The van der Waals surface area contributed by atoms with Crippen molar-refractivity contribution in [2.24, 2.45) is 0 Å². The maximum absolute atomic E-state index is 12.5. The number of benzene rings is 1. The van der Waals surface area contributed by atoms with Gasteiger partial charge >= 0.3 is 0 Å². The highest BCUT2D eigenvalue weighted by Gasteiger charge is 2.25. The van der Waals surface area contributed by atoms with Crippen LogP contribution in [-0.2, 0) is 19.5 Å². The van der Waals surface area contributed by atoms with Crippen molar-refractivity contribution in [3.8, 4) is 0 Å². The maximum Gasteiger partial charge on any atom is 0.254 e. The van der Waals surface area contributed by atoms with Crippen molar-refractivity contribution < 1.29 is 4.79 Å². The first-order chi connectivity index (χ1) is 10.2. The highest BCUT2D eigenvalue weighted by Crippen LogP contribution is 2.22. The van der Waals surface area contributed by atoms with Crippen LogP contribution in [0.2, 0.25) is 0 Å². The predicted molar refractivity (Wildman–Crippen MR) is 80.5 cm³/mol. The quantitative estimate of drug-likeness (QED) is 0.936. The van der Waals surface area contributed by atoms with Gasteiger partial charge in [-0.15, -0.1) is 0 Å². The summed E-state index contributed by atoms with van der Waals surface area (Å²) in [4.78, 5) is 22.5. The molecule has 1 aliphatic heterocycles. The summed E-state index contributed by atoms with van der Waals surface area (Å²) in [6.45, 7) is 3.19. The first-order valence-electron chi connectivity index (χ1n) is 7.16. The molecule has 0 saturated carbocycles. The first-order valence-corrected chi connectivity index (χ1v) is 7.16. The molecule has 1 amide bonds. The summed E-state index contributed by atoms with van der Waals surface area (Å²) in [5.74, 6) is 0.279. The van der Waals surface area contributed by atoms with Gasteiger partial charge < -0.3 is 10.6 Å². The van der Waals surface area contributed by atoms with Crippen LogP contribution in [-0.4, -0.2) is 20.8 Å². The molecule has 0 saturated heterocycles. The minimum Gasteiger partial charge on any atom is -0.368 e. The number of nitrogens with two attached hydrogens (primary N) is 1. The zero-order valence-electron chi connectivity index (χ0n) is 12.0. The Balaban J connectivity index is 1.75. The minimum atomic E-state index is 0.0228. The van der Waals surface area contributed by atoms with Gasteiger partial charge in [0.25, 0.3) is 5.91 Å². The first kappa shape index (κ1) is 13.5. The molecule has 0 atom stereocenters. The van der Waals surface area contributed by atoms with Crippen molar-refractivity contribution in [2.75, 3.05) is 5.73 Å². The summed E-state index contributed by atoms with van der Waals surface area (Å²) in [6, 6.07) is 7.85. The highest BCUT2D eigenvalue weighted by atomic mass is 16.2. The number of aryl methyl sites for hydroxylation is 1. The van der Waals surface area contributed by atoms with E-state index in [1.165, 1.54) is 5.56 Å². The lowest BCUT2D eigenvalue weighted by atomic mass is 10.1. The van der Waals surface area contributed by atoms with Gasteiger partial charge in [0.1, 0.15) is 0 Å². The molecule has 3 rings (SSSR count). The van der Waals surface area contributed by atoms with Crippen LogP contribution in [0.15, 0.2) is 30.5 Å². The molecule has 0 fully saturated rings. The fourth-order valence-corrected chi connectivity index (χ4v) is 2.60. The van der Waals surface area contributed by atoms with E-state index in [-0.39, 0.29) is 11.9 Å². The van der Waals surface area contributed by atoms with E-state index < -0.39 is 0 Å². The van der Waals surface area contributed by atoms with Gasteiger partial charge in [-0.25, -0.2) is 9.97 Å². The van der Waals surface area contributed by atoms with Crippen molar-refractivity contribution in [1.82, 2.24) is 14.9 Å². The van der Waals surface area contributed by atoms with E-state index in [4.69, 9.17) is 5.73 Å². The number of amides is 1. The number of anilines is 1. The third kappa shape index (κ3) is 2.72. The third-order valence-electron chi connectivity index (χ3n) is 3.70. The van der Waals surface area contributed by atoms with Gasteiger partial charge in [-0.1, -0.05) is 25.5 Å². The number of hydrogen-bond donors (Lipinski definition) is 1. The summed E-state index contributed by atoms with van der Waals surface area (Å²) in [7, 11) is 0. The predicted octanol–water partition coefficient (Wildman–Crippen LogP) is 2.17. The van der Waals surface area contributed by atoms with Gasteiger partial charge in [0, 0.05) is 23.9 Å². The smallest absolute Gasteiger partial charge is 0.254 e. The normalized spacial score (nSPS) is 13.3. The van der Waals surface area contributed by atoms with Crippen LogP contribution >= 0.6 is 0 Å². The van der Waals surface area contributed by atoms with E-state index in [0.717, 1.165) is 24.1 Å². The second-order valence-corrected chi connectivity index (χ2v) is 5.31. The summed E-state index contributed by atoms with van der Waals surface area (Å²) in [6.07, 6.45) is 3.85. The van der Waals surface area contributed by atoms with Crippen molar-refractivity contribution in [3.63, 3.8) is 0 Å². The van der Waals surface area contributed by atoms with E-state index in [1.807, 2.05) is 24.3 Å². The Hall–Kier alpha value is -2.43. The van der Waals surface area contributed by atoms with Gasteiger partial charge in [-0.05, 0) is 24.1 Å². The Labute approximate surface area is 123 Å². The molecule has 108 valence electrons. The molecular formula is C16H18N4O. The zero-order valence-corrected chi connectivity index (χ0v) is 12.0. The lowest BCUT2D eigenvalue weighted by Crippen LogP contribution is -2.25. The lowest BCUT2D eigenvalue weighted by Gasteiger charge is -2.15. The Kier molecular flexibility index (Phi) is 3.56. The van der Waals surface area contributed by atoms with Gasteiger partial charge in [0.2, 0.25) is 5.95 Å². The lowest BCUT2D eigenvalue weighted by molar-refractivity contribution is 0.0750. The molecule has 0 unspecified atom stereocenters. The molecule has 1 aliphatic rings. The van der Waals surface area contributed by atoms with E-state index in [9.17, 15) is 4.79 Å². The molecule has 21 heavy (non-hydrogen) atoms. The fourth-order valence-electron chi connectivity index (χ4n) is 2.60. The van der Waals surface area contributed by atoms with E-state index >= 15 is 0 Å². The van der Waals surface area contributed by atoms with Gasteiger partial charge in [0.15, 0.2) is 0 Å². The van der Waals surface area contributed by atoms with Gasteiger partial charge in [-0.3, -0.25) is 4.79 Å². The monoisotopic (exact) mass is 282 g/mol. The number of rotatable bonds is 3. The number of hydrogen-bond acceptors (Lipinski definition) is 4. The molecular weight excluding hydrogens is 264 g/mol. The molecule has 1 aromatic carbocycles. The molecule has 0 aliphatic carbocycles. The summed E-state index contributed by atoms with van der Waals surface area (Å²) in [5.41, 5.74) is 9.37. The van der Waals surface area contributed by atoms with Crippen LogP contribution < -0.4 is 5.73 Å². The van der Waals surface area contributed by atoms with Gasteiger partial charge in [-0.2, -0.15) is 0 Å². The maximum atomic E-state index is 12.5. The molecule has 2 aromatic rings. The average Bonchev–Trinajstić information content (AvgIpc) is 2.90. The SMILES string of the molecule is CCCc1ccc(C(=O)N2Cc3cnc(N)nc3C2)cc1. The van der Waals surface area contributed by atoms with Crippen molar-refractivity contribution in [2.45, 2.75) is 32.9 Å². The molecule has 0 radical (unpaired) electrons. The zero-order chi connectivity index (χ0) is 14.8. The van der Waals surface area contributed by atoms with Crippen LogP contribution in [0.25, 0.3) is 0 Å².